The smallest absolute Gasteiger partial charge is 0.190 e. The fourth-order valence-electron chi connectivity index (χ4n) is 1.29. The number of hydrogen-bond donors (Lipinski definition) is 2. The molecule has 0 aliphatic heterocycles. The van der Waals surface area contributed by atoms with Gasteiger partial charge in [-0.05, 0) is 30.2 Å². The van der Waals surface area contributed by atoms with Crippen LogP contribution in [0.5, 0.6) is 0 Å². The molecule has 0 spiro atoms. The minimum Gasteiger partial charge on any atom is -0.359 e. The first-order chi connectivity index (χ1) is 7.17. The molecule has 5 heteroatoms. The first-order valence-corrected chi connectivity index (χ1v) is 5.60. The zero-order valence-corrected chi connectivity index (χ0v) is 13.6. The molecule has 0 aromatic heterocycles. The molecule has 3 nitrogen and oxygen atoms in total. The van der Waals surface area contributed by atoms with Gasteiger partial charge in [0, 0.05) is 25.1 Å². The molecule has 0 saturated carbocycles. The van der Waals surface area contributed by atoms with Gasteiger partial charge < -0.3 is 10.6 Å². The van der Waals surface area contributed by atoms with Crippen LogP contribution in [0.25, 0.3) is 0 Å². The van der Waals surface area contributed by atoms with Gasteiger partial charge in [-0.1, -0.05) is 22.0 Å². The van der Waals surface area contributed by atoms with Crippen LogP contribution in [-0.2, 0) is 6.54 Å². The number of nitrogens with zero attached hydrogens (tertiary/aromatic N) is 1. The van der Waals surface area contributed by atoms with Crippen LogP contribution >= 0.6 is 39.9 Å². The monoisotopic (exact) mass is 397 g/mol. The van der Waals surface area contributed by atoms with Crippen molar-refractivity contribution >= 4 is 45.9 Å². The summed E-state index contributed by atoms with van der Waals surface area (Å²) >= 11 is 3.46. The Morgan fingerprint density at radius 2 is 2.12 bits per heavy atom. The predicted molar refractivity (Wildman–Crippen MR) is 83.6 cm³/mol. The second-order valence-electron chi connectivity index (χ2n) is 3.25. The van der Waals surface area contributed by atoms with E-state index in [0.29, 0.717) is 0 Å². The summed E-state index contributed by atoms with van der Waals surface area (Å²) < 4.78 is 1.10. The van der Waals surface area contributed by atoms with Gasteiger partial charge in [0.2, 0.25) is 0 Å². The van der Waals surface area contributed by atoms with Crippen molar-refractivity contribution in [2.75, 3.05) is 14.1 Å². The zero-order chi connectivity index (χ0) is 11.3. The molecule has 1 aromatic rings. The van der Waals surface area contributed by atoms with E-state index in [0.717, 1.165) is 17.0 Å². The molecule has 0 heterocycles. The van der Waals surface area contributed by atoms with Crippen molar-refractivity contribution in [3.8, 4) is 0 Å². The maximum Gasteiger partial charge on any atom is 0.190 e. The highest BCUT2D eigenvalue weighted by Gasteiger charge is 2.00. The molecule has 0 fully saturated rings. The van der Waals surface area contributed by atoms with Crippen molar-refractivity contribution in [2.45, 2.75) is 13.5 Å². The number of aryl methyl sites for hydroxylation is 1. The van der Waals surface area contributed by atoms with E-state index >= 15 is 0 Å². The minimum absolute atomic E-state index is 0. The highest BCUT2D eigenvalue weighted by Crippen LogP contribution is 2.15. The van der Waals surface area contributed by atoms with Gasteiger partial charge in [-0.25, -0.2) is 0 Å². The van der Waals surface area contributed by atoms with Crippen molar-refractivity contribution in [2.24, 2.45) is 4.99 Å². The van der Waals surface area contributed by atoms with Crippen molar-refractivity contribution < 1.29 is 0 Å². The SMILES string of the molecule is CN=C(NC)NCc1cc(Br)ccc1C.I. The van der Waals surface area contributed by atoms with Gasteiger partial charge in [-0.15, -0.1) is 24.0 Å². The lowest BCUT2D eigenvalue weighted by molar-refractivity contribution is 0.859. The van der Waals surface area contributed by atoms with Gasteiger partial charge >= 0.3 is 0 Å². The highest BCUT2D eigenvalue weighted by atomic mass is 127. The van der Waals surface area contributed by atoms with E-state index in [2.05, 4.69) is 50.6 Å². The van der Waals surface area contributed by atoms with E-state index in [1.807, 2.05) is 13.1 Å². The third kappa shape index (κ3) is 4.69. The summed E-state index contributed by atoms with van der Waals surface area (Å²) in [6.45, 7) is 2.88. The molecule has 0 radical (unpaired) electrons. The number of benzene rings is 1. The normalized spacial score (nSPS) is 10.6. The lowest BCUT2D eigenvalue weighted by Crippen LogP contribution is -2.34. The summed E-state index contributed by atoms with van der Waals surface area (Å²) in [7, 11) is 3.61. The van der Waals surface area contributed by atoms with E-state index < -0.39 is 0 Å². The lowest BCUT2D eigenvalue weighted by Gasteiger charge is -2.10. The number of halogens is 2. The molecule has 0 atom stereocenters. The van der Waals surface area contributed by atoms with Crippen LogP contribution in [0.2, 0.25) is 0 Å². The first-order valence-electron chi connectivity index (χ1n) is 4.80. The fraction of sp³-hybridized carbons (Fsp3) is 0.364. The molecule has 0 aliphatic carbocycles. The molecule has 0 amide bonds. The third-order valence-electron chi connectivity index (χ3n) is 2.22. The summed E-state index contributed by atoms with van der Waals surface area (Å²) in [5.41, 5.74) is 2.54. The Hall–Kier alpha value is -0.300. The quantitative estimate of drug-likeness (QED) is 0.457. The predicted octanol–water partition coefficient (Wildman–Crippen LogP) is 2.67. The summed E-state index contributed by atoms with van der Waals surface area (Å²) in [4.78, 5) is 4.06. The summed E-state index contributed by atoms with van der Waals surface area (Å²) in [6.07, 6.45) is 0. The molecule has 1 rings (SSSR count). The molecule has 2 N–H and O–H groups in total. The topological polar surface area (TPSA) is 36.4 Å². The summed E-state index contributed by atoms with van der Waals surface area (Å²) in [5.74, 6) is 0.800. The van der Waals surface area contributed by atoms with Crippen LogP contribution in [0.3, 0.4) is 0 Å². The molecule has 0 saturated heterocycles. The van der Waals surface area contributed by atoms with Crippen LogP contribution in [0.1, 0.15) is 11.1 Å². The Morgan fingerprint density at radius 1 is 1.44 bits per heavy atom. The Morgan fingerprint density at radius 3 is 2.69 bits per heavy atom. The fourth-order valence-corrected chi connectivity index (χ4v) is 1.70. The standard InChI is InChI=1S/C11H16BrN3.HI/c1-8-4-5-10(12)6-9(8)7-15-11(13-2)14-3;/h4-6H,7H2,1-3H3,(H2,13,14,15);1H. The second-order valence-corrected chi connectivity index (χ2v) is 4.16. The largest absolute Gasteiger partial charge is 0.359 e. The zero-order valence-electron chi connectivity index (χ0n) is 9.67. The number of rotatable bonds is 2. The summed E-state index contributed by atoms with van der Waals surface area (Å²) in [6, 6.07) is 6.26. The van der Waals surface area contributed by atoms with E-state index in [9.17, 15) is 0 Å². The van der Waals surface area contributed by atoms with Crippen molar-refractivity contribution in [3.63, 3.8) is 0 Å². The van der Waals surface area contributed by atoms with Crippen molar-refractivity contribution in [1.29, 1.82) is 0 Å². The van der Waals surface area contributed by atoms with E-state index in [-0.39, 0.29) is 24.0 Å². The molecule has 90 valence electrons. The molecular weight excluding hydrogens is 381 g/mol. The van der Waals surface area contributed by atoms with Gasteiger partial charge in [-0.2, -0.15) is 0 Å². The third-order valence-corrected chi connectivity index (χ3v) is 2.71. The Kier molecular flexibility index (Phi) is 7.74. The van der Waals surface area contributed by atoms with E-state index in [1.54, 1.807) is 7.05 Å². The number of hydrogen-bond acceptors (Lipinski definition) is 1. The van der Waals surface area contributed by atoms with Gasteiger partial charge in [0.25, 0.3) is 0 Å². The number of guanidine groups is 1. The van der Waals surface area contributed by atoms with E-state index in [4.69, 9.17) is 0 Å². The van der Waals surface area contributed by atoms with Crippen molar-refractivity contribution in [1.82, 2.24) is 10.6 Å². The van der Waals surface area contributed by atoms with Crippen LogP contribution in [0.15, 0.2) is 27.7 Å². The minimum atomic E-state index is 0. The maximum atomic E-state index is 4.06. The second kappa shape index (κ2) is 7.89. The van der Waals surface area contributed by atoms with Gasteiger partial charge in [0.1, 0.15) is 0 Å². The van der Waals surface area contributed by atoms with Gasteiger partial charge in [-0.3, -0.25) is 4.99 Å². The Bertz CT molecular complexity index is 366. The van der Waals surface area contributed by atoms with Gasteiger partial charge in [0.05, 0.1) is 0 Å². The Balaban J connectivity index is 0.00000225. The summed E-state index contributed by atoms with van der Waals surface area (Å²) in [5, 5.41) is 6.20. The first kappa shape index (κ1) is 15.7. The van der Waals surface area contributed by atoms with Crippen LogP contribution in [-0.4, -0.2) is 20.1 Å². The van der Waals surface area contributed by atoms with Crippen molar-refractivity contribution in [3.05, 3.63) is 33.8 Å². The van der Waals surface area contributed by atoms with Crippen LogP contribution in [0, 0.1) is 6.92 Å². The average molecular weight is 398 g/mol. The Labute approximate surface area is 122 Å². The van der Waals surface area contributed by atoms with Crippen LogP contribution < -0.4 is 10.6 Å². The molecule has 0 unspecified atom stereocenters. The maximum absolute atomic E-state index is 4.06. The van der Waals surface area contributed by atoms with E-state index in [1.165, 1.54) is 11.1 Å². The number of aliphatic imine (C=N–C) groups is 1. The molecule has 1 aromatic carbocycles. The lowest BCUT2D eigenvalue weighted by atomic mass is 10.1. The highest BCUT2D eigenvalue weighted by molar-refractivity contribution is 14.0. The molecule has 0 aliphatic rings. The molecule has 16 heavy (non-hydrogen) atoms. The molecule has 0 bridgehead atoms. The van der Waals surface area contributed by atoms with Gasteiger partial charge in [0.15, 0.2) is 5.96 Å². The molecular formula is C11H17BrIN3. The number of nitrogens with one attached hydrogen (secondary N) is 2. The van der Waals surface area contributed by atoms with Crippen LogP contribution in [0.4, 0.5) is 0 Å². The average Bonchev–Trinajstić information content (AvgIpc) is 2.24.